The van der Waals surface area contributed by atoms with Crippen LogP contribution in [0.25, 0.3) is 0 Å². The molecule has 0 aliphatic heterocycles. The summed E-state index contributed by atoms with van der Waals surface area (Å²) in [7, 11) is 0. The number of nitrogens with one attached hydrogen (secondary N) is 1. The van der Waals surface area contributed by atoms with E-state index in [9.17, 15) is 9.59 Å². The normalized spacial score (nSPS) is 11.0. The SMILES string of the molecule is C[C@H](OC(=O)COc1ccccc1)C(=O)Nc1cccc(C#N)c1. The molecule has 2 aromatic carbocycles. The highest BCUT2D eigenvalue weighted by Gasteiger charge is 2.18. The molecule has 0 saturated heterocycles. The lowest BCUT2D eigenvalue weighted by Crippen LogP contribution is -2.31. The Labute approximate surface area is 139 Å². The number of nitrogens with zero attached hydrogens (tertiary/aromatic N) is 1. The van der Waals surface area contributed by atoms with Crippen molar-refractivity contribution in [3.05, 3.63) is 60.2 Å². The van der Waals surface area contributed by atoms with Crippen molar-refractivity contribution in [3.63, 3.8) is 0 Å². The molecule has 0 bridgehead atoms. The van der Waals surface area contributed by atoms with E-state index in [2.05, 4.69) is 5.32 Å². The van der Waals surface area contributed by atoms with Crippen LogP contribution in [0.2, 0.25) is 0 Å². The third-order valence-electron chi connectivity index (χ3n) is 3.04. The Balaban J connectivity index is 1.82. The molecule has 1 atom stereocenters. The predicted molar refractivity (Wildman–Crippen MR) is 87.3 cm³/mol. The minimum absolute atomic E-state index is 0.286. The molecule has 0 radical (unpaired) electrons. The van der Waals surface area contributed by atoms with Gasteiger partial charge in [0.15, 0.2) is 12.7 Å². The molecule has 0 heterocycles. The first-order valence-electron chi connectivity index (χ1n) is 7.27. The number of carbonyl (C=O) groups is 2. The van der Waals surface area contributed by atoms with Gasteiger partial charge in [0.05, 0.1) is 11.6 Å². The van der Waals surface area contributed by atoms with Crippen molar-refractivity contribution in [2.45, 2.75) is 13.0 Å². The molecule has 0 aromatic heterocycles. The lowest BCUT2D eigenvalue weighted by molar-refractivity contribution is -0.155. The number of amides is 1. The highest BCUT2D eigenvalue weighted by atomic mass is 16.6. The Bertz CT molecular complexity index is 753. The van der Waals surface area contributed by atoms with Gasteiger partial charge in [-0.1, -0.05) is 24.3 Å². The molecule has 0 fully saturated rings. The predicted octanol–water partition coefficient (Wildman–Crippen LogP) is 2.51. The van der Waals surface area contributed by atoms with E-state index in [1.54, 1.807) is 42.5 Å². The van der Waals surface area contributed by atoms with Crippen molar-refractivity contribution in [2.75, 3.05) is 11.9 Å². The van der Waals surface area contributed by atoms with E-state index in [4.69, 9.17) is 14.7 Å². The first kappa shape index (κ1) is 17.0. The second-order valence-electron chi connectivity index (χ2n) is 4.92. The number of rotatable bonds is 6. The van der Waals surface area contributed by atoms with Crippen molar-refractivity contribution in [1.82, 2.24) is 0 Å². The molecule has 6 heteroatoms. The van der Waals surface area contributed by atoms with Crippen LogP contribution in [0.3, 0.4) is 0 Å². The molecule has 0 aliphatic rings. The minimum atomic E-state index is -0.984. The van der Waals surface area contributed by atoms with Gasteiger partial charge in [-0.3, -0.25) is 4.79 Å². The average Bonchev–Trinajstić information content (AvgIpc) is 2.61. The number of hydrogen-bond donors (Lipinski definition) is 1. The van der Waals surface area contributed by atoms with Gasteiger partial charge in [0.25, 0.3) is 5.91 Å². The maximum atomic E-state index is 12.0. The Morgan fingerprint density at radius 1 is 1.17 bits per heavy atom. The Kier molecular flexibility index (Phi) is 5.92. The van der Waals surface area contributed by atoms with Gasteiger partial charge in [-0.15, -0.1) is 0 Å². The number of benzene rings is 2. The second-order valence-corrected chi connectivity index (χ2v) is 4.92. The lowest BCUT2D eigenvalue weighted by Gasteiger charge is -2.14. The van der Waals surface area contributed by atoms with Gasteiger partial charge in [-0.25, -0.2) is 4.79 Å². The first-order valence-corrected chi connectivity index (χ1v) is 7.27. The zero-order valence-corrected chi connectivity index (χ0v) is 13.1. The molecule has 0 spiro atoms. The lowest BCUT2D eigenvalue weighted by atomic mass is 10.2. The summed E-state index contributed by atoms with van der Waals surface area (Å²) < 4.78 is 10.3. The van der Waals surface area contributed by atoms with Gasteiger partial charge in [0.2, 0.25) is 0 Å². The Morgan fingerprint density at radius 3 is 2.62 bits per heavy atom. The molecule has 1 N–H and O–H groups in total. The van der Waals surface area contributed by atoms with Gasteiger partial charge in [-0.2, -0.15) is 5.26 Å². The summed E-state index contributed by atoms with van der Waals surface area (Å²) in [4.78, 5) is 23.7. The fraction of sp³-hybridized carbons (Fsp3) is 0.167. The van der Waals surface area contributed by atoms with Crippen molar-refractivity contribution < 1.29 is 19.1 Å². The maximum absolute atomic E-state index is 12.0. The monoisotopic (exact) mass is 324 g/mol. The number of esters is 1. The van der Waals surface area contributed by atoms with E-state index < -0.39 is 18.0 Å². The molecule has 24 heavy (non-hydrogen) atoms. The van der Waals surface area contributed by atoms with E-state index in [1.165, 1.54) is 13.0 Å². The van der Waals surface area contributed by atoms with Gasteiger partial charge in [0.1, 0.15) is 5.75 Å². The molecule has 0 unspecified atom stereocenters. The van der Waals surface area contributed by atoms with Crippen LogP contribution >= 0.6 is 0 Å². The second kappa shape index (κ2) is 8.34. The van der Waals surface area contributed by atoms with E-state index in [0.29, 0.717) is 17.0 Å². The van der Waals surface area contributed by atoms with Crippen molar-refractivity contribution in [2.24, 2.45) is 0 Å². The summed E-state index contributed by atoms with van der Waals surface area (Å²) in [5.74, 6) is -0.592. The number of hydrogen-bond acceptors (Lipinski definition) is 5. The van der Waals surface area contributed by atoms with Crippen LogP contribution in [0.5, 0.6) is 5.75 Å². The molecule has 122 valence electrons. The van der Waals surface area contributed by atoms with Gasteiger partial charge in [0, 0.05) is 5.69 Å². The van der Waals surface area contributed by atoms with Crippen molar-refractivity contribution in [1.29, 1.82) is 5.26 Å². The highest BCUT2D eigenvalue weighted by molar-refractivity contribution is 5.95. The van der Waals surface area contributed by atoms with E-state index in [0.717, 1.165) is 0 Å². The summed E-state index contributed by atoms with van der Waals surface area (Å²) in [6.45, 7) is 1.18. The number of carbonyl (C=O) groups excluding carboxylic acids is 2. The number of anilines is 1. The first-order chi connectivity index (χ1) is 11.6. The maximum Gasteiger partial charge on any atom is 0.344 e. The Morgan fingerprint density at radius 2 is 1.92 bits per heavy atom. The van der Waals surface area contributed by atoms with Crippen LogP contribution < -0.4 is 10.1 Å². The molecule has 2 rings (SSSR count). The largest absolute Gasteiger partial charge is 0.482 e. The Hall–Kier alpha value is -3.33. The number of ether oxygens (including phenoxy) is 2. The van der Waals surface area contributed by atoms with Gasteiger partial charge < -0.3 is 14.8 Å². The molecular formula is C18H16N2O4. The van der Waals surface area contributed by atoms with Gasteiger partial charge in [-0.05, 0) is 37.3 Å². The van der Waals surface area contributed by atoms with Gasteiger partial charge >= 0.3 is 5.97 Å². The summed E-state index contributed by atoms with van der Waals surface area (Å²) in [6.07, 6.45) is -0.984. The molecule has 0 aliphatic carbocycles. The molecule has 2 aromatic rings. The average molecular weight is 324 g/mol. The van der Waals surface area contributed by atoms with Crippen LogP contribution in [0.15, 0.2) is 54.6 Å². The third kappa shape index (κ3) is 5.14. The topological polar surface area (TPSA) is 88.4 Å². The summed E-state index contributed by atoms with van der Waals surface area (Å²) in [5.41, 5.74) is 0.885. The fourth-order valence-corrected chi connectivity index (χ4v) is 1.85. The standard InChI is InChI=1S/C18H16N2O4/c1-13(18(22)20-15-7-5-6-14(10-15)11-19)24-17(21)12-23-16-8-3-2-4-9-16/h2-10,13H,12H2,1H3,(H,20,22)/t13-/m0/s1. The summed E-state index contributed by atoms with van der Waals surface area (Å²) in [6, 6.07) is 17.3. The highest BCUT2D eigenvalue weighted by Crippen LogP contribution is 2.11. The summed E-state index contributed by atoms with van der Waals surface area (Å²) >= 11 is 0. The smallest absolute Gasteiger partial charge is 0.344 e. The molecular weight excluding hydrogens is 308 g/mol. The van der Waals surface area contributed by atoms with Crippen LogP contribution in [0.4, 0.5) is 5.69 Å². The summed E-state index contributed by atoms with van der Waals surface area (Å²) in [5, 5.41) is 11.4. The van der Waals surface area contributed by atoms with Crippen molar-refractivity contribution in [3.8, 4) is 11.8 Å². The van der Waals surface area contributed by atoms with Crippen molar-refractivity contribution >= 4 is 17.6 Å². The molecule has 6 nitrogen and oxygen atoms in total. The van der Waals surface area contributed by atoms with Crippen LogP contribution in [0.1, 0.15) is 12.5 Å². The molecule has 0 saturated carbocycles. The van der Waals surface area contributed by atoms with E-state index in [1.807, 2.05) is 12.1 Å². The van der Waals surface area contributed by atoms with Crippen LogP contribution in [-0.2, 0) is 14.3 Å². The molecule has 1 amide bonds. The number of para-hydroxylation sites is 1. The van der Waals surface area contributed by atoms with Crippen LogP contribution in [0, 0.1) is 11.3 Å². The van der Waals surface area contributed by atoms with E-state index >= 15 is 0 Å². The third-order valence-corrected chi connectivity index (χ3v) is 3.04. The fourth-order valence-electron chi connectivity index (χ4n) is 1.85. The quantitative estimate of drug-likeness (QED) is 0.825. The van der Waals surface area contributed by atoms with Crippen LogP contribution in [-0.4, -0.2) is 24.6 Å². The minimum Gasteiger partial charge on any atom is -0.482 e. The number of nitriles is 1. The zero-order chi connectivity index (χ0) is 17.4. The zero-order valence-electron chi connectivity index (χ0n) is 13.1. The van der Waals surface area contributed by atoms with E-state index in [-0.39, 0.29) is 6.61 Å².